The van der Waals surface area contributed by atoms with Crippen molar-refractivity contribution in [1.29, 1.82) is 0 Å². The molecule has 0 radical (unpaired) electrons. The smallest absolute Gasteiger partial charge is 0.433 e. The van der Waals surface area contributed by atoms with Crippen LogP contribution in [0.15, 0.2) is 42.7 Å². The van der Waals surface area contributed by atoms with Crippen LogP contribution in [0.2, 0.25) is 0 Å². The highest BCUT2D eigenvalue weighted by Crippen LogP contribution is 2.36. The van der Waals surface area contributed by atoms with Crippen molar-refractivity contribution in [2.24, 2.45) is 0 Å². The third-order valence-electron chi connectivity index (χ3n) is 6.05. The minimum atomic E-state index is -4.59. The minimum absolute atomic E-state index is 0.0761. The van der Waals surface area contributed by atoms with Gasteiger partial charge in [-0.25, -0.2) is 19.9 Å². The summed E-state index contributed by atoms with van der Waals surface area (Å²) in [6, 6.07) is 9.12. The van der Waals surface area contributed by atoms with Crippen molar-refractivity contribution in [1.82, 2.24) is 25.3 Å². The highest BCUT2D eigenvalue weighted by Gasteiger charge is 2.34. The molecule has 1 unspecified atom stereocenters. The minimum Gasteiger partial charge on any atom is -0.437 e. The number of fused-ring (bicyclic) bond motifs is 1. The number of rotatable bonds is 7. The molecule has 1 saturated heterocycles. The number of carbonyl (C=O) groups excluding carboxylic acids is 1. The number of amides is 1. The number of halogens is 3. The van der Waals surface area contributed by atoms with Gasteiger partial charge in [-0.2, -0.15) is 13.2 Å². The molecule has 4 aromatic rings. The molecule has 38 heavy (non-hydrogen) atoms. The second-order valence-electron chi connectivity index (χ2n) is 8.87. The zero-order valence-electron chi connectivity index (χ0n) is 20.5. The first kappa shape index (κ1) is 25.8. The lowest BCUT2D eigenvalue weighted by atomic mass is 10.1. The monoisotopic (exact) mass is 543 g/mol. The molecule has 198 valence electrons. The maximum absolute atomic E-state index is 13.5. The van der Waals surface area contributed by atoms with Gasteiger partial charge < -0.3 is 20.7 Å². The number of hydrogen-bond acceptors (Lipinski definition) is 9. The zero-order chi connectivity index (χ0) is 26.9. The fourth-order valence-electron chi connectivity index (χ4n) is 4.25. The second kappa shape index (κ2) is 10.5. The summed E-state index contributed by atoms with van der Waals surface area (Å²) in [5, 5.41) is 9.61. The number of para-hydroxylation sites is 1. The van der Waals surface area contributed by atoms with E-state index in [-0.39, 0.29) is 29.7 Å². The molecular formula is C25H24F3N7O2S. The Morgan fingerprint density at radius 2 is 2.05 bits per heavy atom. The van der Waals surface area contributed by atoms with Gasteiger partial charge in [0.05, 0.1) is 10.4 Å². The summed E-state index contributed by atoms with van der Waals surface area (Å²) in [5.41, 5.74) is 0.272. The Hall–Kier alpha value is -3.84. The Kier molecular flexibility index (Phi) is 7.13. The topological polar surface area (TPSA) is 114 Å². The van der Waals surface area contributed by atoms with Gasteiger partial charge in [-0.1, -0.05) is 17.4 Å². The quantitative estimate of drug-likeness (QED) is 0.281. The van der Waals surface area contributed by atoms with E-state index in [0.717, 1.165) is 30.2 Å². The number of hydrogen-bond donors (Lipinski definition) is 3. The lowest BCUT2D eigenvalue weighted by Crippen LogP contribution is -2.38. The fraction of sp³-hybridized carbons (Fsp3) is 0.320. The van der Waals surface area contributed by atoms with Crippen LogP contribution in [0.3, 0.4) is 0 Å². The molecule has 1 aromatic carbocycles. The molecule has 3 N–H and O–H groups in total. The van der Waals surface area contributed by atoms with Gasteiger partial charge in [-0.3, -0.25) is 4.79 Å². The lowest BCUT2D eigenvalue weighted by molar-refractivity contribution is -0.141. The number of nitrogens with zero attached hydrogens (tertiary/aromatic N) is 4. The first-order valence-corrected chi connectivity index (χ1v) is 12.7. The summed E-state index contributed by atoms with van der Waals surface area (Å²) < 4.78 is 47.2. The number of nitrogens with one attached hydrogen (secondary N) is 3. The van der Waals surface area contributed by atoms with Gasteiger partial charge >= 0.3 is 6.18 Å². The normalized spacial score (nSPS) is 16.4. The maximum Gasteiger partial charge on any atom is 0.433 e. The Balaban J connectivity index is 1.47. The highest BCUT2D eigenvalue weighted by molar-refractivity contribution is 7.22. The van der Waals surface area contributed by atoms with Crippen molar-refractivity contribution in [3.63, 3.8) is 0 Å². The van der Waals surface area contributed by atoms with Gasteiger partial charge in [0.2, 0.25) is 11.8 Å². The maximum atomic E-state index is 13.5. The van der Waals surface area contributed by atoms with Crippen LogP contribution in [-0.4, -0.2) is 44.5 Å². The highest BCUT2D eigenvalue weighted by atomic mass is 32.1. The number of aromatic nitrogens is 4. The predicted octanol–water partition coefficient (Wildman–Crippen LogP) is 5.47. The fourth-order valence-corrected chi connectivity index (χ4v) is 5.18. The number of ether oxygens (including phenoxy) is 1. The molecule has 3 aromatic heterocycles. The number of carbonyl (C=O) groups is 1. The molecule has 1 fully saturated rings. The van der Waals surface area contributed by atoms with Crippen molar-refractivity contribution in [2.75, 3.05) is 17.2 Å². The van der Waals surface area contributed by atoms with Crippen molar-refractivity contribution >= 4 is 38.4 Å². The van der Waals surface area contributed by atoms with Crippen molar-refractivity contribution in [3.8, 4) is 22.9 Å². The van der Waals surface area contributed by atoms with Crippen LogP contribution in [0.5, 0.6) is 11.6 Å². The lowest BCUT2D eigenvalue weighted by Gasteiger charge is -2.23. The molecule has 2 atom stereocenters. The largest absolute Gasteiger partial charge is 0.437 e. The summed E-state index contributed by atoms with van der Waals surface area (Å²) in [5.74, 6) is 0.421. The molecule has 1 amide bonds. The number of anilines is 2. The van der Waals surface area contributed by atoms with E-state index in [1.54, 1.807) is 12.1 Å². The third-order valence-corrected chi connectivity index (χ3v) is 6.99. The van der Waals surface area contributed by atoms with Crippen LogP contribution in [0.25, 0.3) is 21.5 Å². The van der Waals surface area contributed by atoms with Crippen molar-refractivity contribution in [3.05, 3.63) is 48.4 Å². The van der Waals surface area contributed by atoms with Crippen LogP contribution in [0, 0.1) is 0 Å². The van der Waals surface area contributed by atoms with Crippen LogP contribution in [0.4, 0.5) is 24.1 Å². The molecule has 0 aliphatic carbocycles. The van der Waals surface area contributed by atoms with E-state index < -0.39 is 11.9 Å². The van der Waals surface area contributed by atoms with Crippen LogP contribution >= 0.6 is 11.3 Å². The molecule has 0 spiro atoms. The molecule has 0 saturated carbocycles. The molecule has 0 bridgehead atoms. The molecular weight excluding hydrogens is 519 g/mol. The van der Waals surface area contributed by atoms with Gasteiger partial charge in [-0.05, 0) is 50.6 Å². The standard InChI is InChI=1S/C25H24F3N7O2S/c1-13(16-5-4-10-29-16)32-23-15(8-9-20(34-23)25(26,27)28)17-11-21(31-12-30-17)37-18-6-3-7-19-22(18)35-24(38-19)33-14(2)36/h3,6-9,11-13,16,29H,4-5,10H2,1-2H3,(H,32,34)(H,33,35,36)/t13-,16?/m0/s1. The van der Waals surface area contributed by atoms with Gasteiger partial charge in [0.15, 0.2) is 10.9 Å². The summed E-state index contributed by atoms with van der Waals surface area (Å²) in [6.45, 7) is 4.17. The molecule has 13 heteroatoms. The Bertz CT molecular complexity index is 1470. The van der Waals surface area contributed by atoms with Crippen LogP contribution in [0.1, 0.15) is 32.4 Å². The summed E-state index contributed by atoms with van der Waals surface area (Å²) >= 11 is 1.30. The molecule has 5 rings (SSSR count). The third kappa shape index (κ3) is 5.68. The molecule has 9 nitrogen and oxygen atoms in total. The first-order valence-electron chi connectivity index (χ1n) is 11.9. The average Bonchev–Trinajstić information content (AvgIpc) is 3.54. The van der Waals surface area contributed by atoms with Gasteiger partial charge in [0, 0.05) is 30.6 Å². The van der Waals surface area contributed by atoms with Gasteiger partial charge in [0.25, 0.3) is 0 Å². The van der Waals surface area contributed by atoms with E-state index in [4.69, 9.17) is 4.74 Å². The van der Waals surface area contributed by atoms with E-state index in [1.807, 2.05) is 13.0 Å². The SMILES string of the molecule is CC(=O)Nc1nc2c(Oc3cc(-c4ccc(C(F)(F)F)nc4N[C@@H](C)C4CCCN4)ncn3)cccc2s1. The summed E-state index contributed by atoms with van der Waals surface area (Å²) in [4.78, 5) is 28.2. The number of alkyl halides is 3. The Morgan fingerprint density at radius 3 is 2.79 bits per heavy atom. The second-order valence-corrected chi connectivity index (χ2v) is 9.90. The van der Waals surface area contributed by atoms with E-state index in [0.29, 0.717) is 27.7 Å². The Morgan fingerprint density at radius 1 is 1.21 bits per heavy atom. The Labute approximate surface area is 219 Å². The van der Waals surface area contributed by atoms with Crippen LogP contribution < -0.4 is 20.7 Å². The average molecular weight is 544 g/mol. The van der Waals surface area contributed by atoms with E-state index in [9.17, 15) is 18.0 Å². The van der Waals surface area contributed by atoms with E-state index >= 15 is 0 Å². The molecule has 4 heterocycles. The van der Waals surface area contributed by atoms with E-state index in [2.05, 4.69) is 35.9 Å². The number of thiazole rings is 1. The predicted molar refractivity (Wildman–Crippen MR) is 138 cm³/mol. The van der Waals surface area contributed by atoms with Gasteiger partial charge in [-0.15, -0.1) is 0 Å². The first-order chi connectivity index (χ1) is 18.2. The zero-order valence-corrected chi connectivity index (χ0v) is 21.3. The summed E-state index contributed by atoms with van der Waals surface area (Å²) in [6.07, 6.45) is -1.39. The number of pyridine rings is 1. The van der Waals surface area contributed by atoms with Crippen molar-refractivity contribution < 1.29 is 22.7 Å². The van der Waals surface area contributed by atoms with Crippen LogP contribution in [-0.2, 0) is 11.0 Å². The van der Waals surface area contributed by atoms with E-state index in [1.165, 1.54) is 36.7 Å². The molecule has 1 aliphatic heterocycles. The molecule has 1 aliphatic rings. The number of benzene rings is 1. The summed E-state index contributed by atoms with van der Waals surface area (Å²) in [7, 11) is 0. The van der Waals surface area contributed by atoms with Crippen molar-refractivity contribution in [2.45, 2.75) is 44.9 Å². The van der Waals surface area contributed by atoms with Gasteiger partial charge in [0.1, 0.15) is 23.4 Å².